The molecular weight excluding hydrogens is 349 g/mol. The topological polar surface area (TPSA) is 63.4 Å². The lowest BCUT2D eigenvalue weighted by molar-refractivity contribution is -0.274. The van der Waals surface area contributed by atoms with Crippen molar-refractivity contribution < 1.29 is 22.4 Å². The van der Waals surface area contributed by atoms with Crippen molar-refractivity contribution in [3.8, 4) is 5.75 Å². The van der Waals surface area contributed by atoms with Gasteiger partial charge in [-0.05, 0) is 31.0 Å². The first-order chi connectivity index (χ1) is 12.4. The van der Waals surface area contributed by atoms with Crippen LogP contribution in [0.15, 0.2) is 28.8 Å². The van der Waals surface area contributed by atoms with Crippen molar-refractivity contribution in [2.24, 2.45) is 0 Å². The third-order valence-corrected chi connectivity index (χ3v) is 4.92. The number of rotatable bonds is 4. The lowest BCUT2D eigenvalue weighted by Gasteiger charge is -2.30. The Balaban J connectivity index is 1.50. The molecule has 0 radical (unpaired) electrons. The van der Waals surface area contributed by atoms with Crippen molar-refractivity contribution in [2.45, 2.75) is 30.7 Å². The first-order valence-corrected chi connectivity index (χ1v) is 8.51. The summed E-state index contributed by atoms with van der Waals surface area (Å²) in [5.74, 6) is 0.745. The summed E-state index contributed by atoms with van der Waals surface area (Å²) < 4.78 is 47.3. The van der Waals surface area contributed by atoms with Crippen LogP contribution < -0.4 is 10.1 Å². The van der Waals surface area contributed by atoms with E-state index in [9.17, 15) is 13.2 Å². The van der Waals surface area contributed by atoms with Gasteiger partial charge in [0.1, 0.15) is 5.75 Å². The molecule has 1 aromatic heterocycles. The largest absolute Gasteiger partial charge is 0.573 e. The van der Waals surface area contributed by atoms with Gasteiger partial charge in [0, 0.05) is 25.6 Å². The molecule has 1 saturated heterocycles. The molecular formula is C17H19F3N4O2. The van der Waals surface area contributed by atoms with Crippen LogP contribution in [-0.4, -0.2) is 48.1 Å². The van der Waals surface area contributed by atoms with Crippen molar-refractivity contribution in [1.29, 1.82) is 0 Å². The predicted octanol–water partition coefficient (Wildman–Crippen LogP) is 2.82. The number of likely N-dealkylation sites (N-methyl/N-ethyl adjacent to an activating group) is 1. The molecule has 26 heavy (non-hydrogen) atoms. The molecule has 1 aliphatic heterocycles. The minimum absolute atomic E-state index is 0.0410. The molecule has 2 aliphatic rings. The van der Waals surface area contributed by atoms with Gasteiger partial charge in [0.15, 0.2) is 5.82 Å². The lowest BCUT2D eigenvalue weighted by Crippen LogP contribution is -2.44. The molecule has 3 unspecified atom stereocenters. The van der Waals surface area contributed by atoms with Crippen molar-refractivity contribution in [2.75, 3.05) is 26.7 Å². The molecule has 0 amide bonds. The van der Waals surface area contributed by atoms with E-state index in [1.54, 1.807) is 12.1 Å². The maximum Gasteiger partial charge on any atom is 0.573 e. The van der Waals surface area contributed by atoms with Gasteiger partial charge in [0.05, 0.1) is 6.04 Å². The first kappa shape index (κ1) is 17.3. The highest BCUT2D eigenvalue weighted by atomic mass is 19.4. The molecule has 9 heteroatoms. The van der Waals surface area contributed by atoms with Crippen LogP contribution >= 0.6 is 0 Å². The number of nitrogens with one attached hydrogen (secondary N) is 1. The molecule has 2 fully saturated rings. The molecule has 3 atom stereocenters. The zero-order chi connectivity index (χ0) is 18.3. The van der Waals surface area contributed by atoms with Crippen LogP contribution in [0.1, 0.15) is 41.6 Å². The summed E-state index contributed by atoms with van der Waals surface area (Å²) in [6.45, 7) is 2.55. The predicted molar refractivity (Wildman–Crippen MR) is 85.8 cm³/mol. The maximum atomic E-state index is 12.6. The normalized spacial score (nSPS) is 26.7. The molecule has 1 aromatic carbocycles. The Morgan fingerprint density at radius 3 is 2.85 bits per heavy atom. The van der Waals surface area contributed by atoms with Gasteiger partial charge in [-0.3, -0.25) is 4.90 Å². The molecule has 6 nitrogen and oxygen atoms in total. The number of nitrogens with zero attached hydrogens (tertiary/aromatic N) is 3. The van der Waals surface area contributed by atoms with Crippen LogP contribution in [-0.2, 0) is 0 Å². The average Bonchev–Trinajstić information content (AvgIpc) is 3.23. The van der Waals surface area contributed by atoms with Gasteiger partial charge < -0.3 is 14.6 Å². The molecule has 1 saturated carbocycles. The maximum absolute atomic E-state index is 12.6. The second-order valence-electron chi connectivity index (χ2n) is 6.73. The van der Waals surface area contributed by atoms with Gasteiger partial charge in [-0.2, -0.15) is 4.98 Å². The Bertz CT molecular complexity index is 779. The number of hydrogen-bond donors (Lipinski definition) is 1. The second kappa shape index (κ2) is 6.55. The summed E-state index contributed by atoms with van der Waals surface area (Å²) in [6, 6.07) is 6.26. The zero-order valence-electron chi connectivity index (χ0n) is 14.2. The van der Waals surface area contributed by atoms with Gasteiger partial charge in [-0.25, -0.2) is 0 Å². The van der Waals surface area contributed by atoms with Crippen LogP contribution in [0.3, 0.4) is 0 Å². The molecule has 0 spiro atoms. The number of benzene rings is 1. The Morgan fingerprint density at radius 2 is 2.08 bits per heavy atom. The second-order valence-corrected chi connectivity index (χ2v) is 6.73. The zero-order valence-corrected chi connectivity index (χ0v) is 14.2. The minimum Gasteiger partial charge on any atom is -0.405 e. The fourth-order valence-corrected chi connectivity index (χ4v) is 3.44. The average molecular weight is 368 g/mol. The van der Waals surface area contributed by atoms with E-state index in [0.29, 0.717) is 23.7 Å². The first-order valence-electron chi connectivity index (χ1n) is 8.51. The van der Waals surface area contributed by atoms with Crippen LogP contribution in [0.25, 0.3) is 0 Å². The highest BCUT2D eigenvalue weighted by Gasteiger charge is 2.46. The highest BCUT2D eigenvalue weighted by Crippen LogP contribution is 2.56. The van der Waals surface area contributed by atoms with Crippen molar-refractivity contribution in [1.82, 2.24) is 20.4 Å². The quantitative estimate of drug-likeness (QED) is 0.895. The fourth-order valence-electron chi connectivity index (χ4n) is 3.44. The van der Waals surface area contributed by atoms with Crippen LogP contribution in [0.4, 0.5) is 13.2 Å². The Hall–Kier alpha value is -2.13. The fraction of sp³-hybridized carbons (Fsp3) is 0.529. The number of ether oxygens (including phenoxy) is 1. The number of aromatic nitrogens is 2. The number of para-hydroxylation sites is 1. The van der Waals surface area contributed by atoms with Gasteiger partial charge in [0.2, 0.25) is 5.89 Å². The molecule has 4 rings (SSSR count). The van der Waals surface area contributed by atoms with E-state index in [2.05, 4.69) is 25.1 Å². The number of alkyl halides is 3. The van der Waals surface area contributed by atoms with E-state index in [4.69, 9.17) is 4.52 Å². The Morgan fingerprint density at radius 1 is 1.27 bits per heavy atom. The summed E-state index contributed by atoms with van der Waals surface area (Å²) in [5, 5.41) is 7.38. The highest BCUT2D eigenvalue weighted by molar-refractivity contribution is 5.42. The number of hydrogen-bond acceptors (Lipinski definition) is 6. The van der Waals surface area contributed by atoms with E-state index in [0.717, 1.165) is 19.6 Å². The van der Waals surface area contributed by atoms with Crippen LogP contribution in [0.2, 0.25) is 0 Å². The van der Waals surface area contributed by atoms with E-state index in [-0.39, 0.29) is 23.6 Å². The summed E-state index contributed by atoms with van der Waals surface area (Å²) in [5.41, 5.74) is 0.519. The summed E-state index contributed by atoms with van der Waals surface area (Å²) in [6.07, 6.45) is -4.05. The van der Waals surface area contributed by atoms with E-state index < -0.39 is 6.36 Å². The molecule has 0 bridgehead atoms. The molecule has 1 N–H and O–H groups in total. The molecule has 2 heterocycles. The van der Waals surface area contributed by atoms with Crippen molar-refractivity contribution in [3.05, 3.63) is 41.5 Å². The SMILES string of the molecule is CN1CCNCC1c1noc(C2CC2c2ccccc2OC(F)(F)F)n1. The Kier molecular flexibility index (Phi) is 4.36. The molecule has 2 aromatic rings. The molecule has 140 valence electrons. The van der Waals surface area contributed by atoms with Gasteiger partial charge in [0.25, 0.3) is 0 Å². The molecule has 1 aliphatic carbocycles. The number of halogens is 3. The summed E-state index contributed by atoms with van der Waals surface area (Å²) in [4.78, 5) is 6.66. The van der Waals surface area contributed by atoms with Crippen molar-refractivity contribution >= 4 is 0 Å². The summed E-state index contributed by atoms with van der Waals surface area (Å²) in [7, 11) is 2.01. The summed E-state index contributed by atoms with van der Waals surface area (Å²) >= 11 is 0. The van der Waals surface area contributed by atoms with Gasteiger partial charge in [-0.15, -0.1) is 13.2 Å². The lowest BCUT2D eigenvalue weighted by atomic mass is 10.1. The Labute approximate surface area is 148 Å². The van der Waals surface area contributed by atoms with Crippen molar-refractivity contribution in [3.63, 3.8) is 0 Å². The van der Waals surface area contributed by atoms with E-state index in [1.165, 1.54) is 12.1 Å². The van der Waals surface area contributed by atoms with Gasteiger partial charge in [-0.1, -0.05) is 23.4 Å². The van der Waals surface area contributed by atoms with Crippen LogP contribution in [0, 0.1) is 0 Å². The van der Waals surface area contributed by atoms with E-state index in [1.807, 2.05) is 7.05 Å². The number of piperazine rings is 1. The smallest absolute Gasteiger partial charge is 0.405 e. The van der Waals surface area contributed by atoms with E-state index >= 15 is 0 Å². The van der Waals surface area contributed by atoms with Crippen LogP contribution in [0.5, 0.6) is 5.75 Å². The minimum atomic E-state index is -4.71. The third-order valence-electron chi connectivity index (χ3n) is 4.92. The third kappa shape index (κ3) is 3.54. The standard InChI is InChI=1S/C17H19F3N4O2/c1-24-7-6-21-9-13(24)15-22-16(26-23-15)12-8-11(12)10-4-2-3-5-14(10)25-17(18,19)20/h2-5,11-13,21H,6-9H2,1H3. The van der Waals surface area contributed by atoms with Gasteiger partial charge >= 0.3 is 6.36 Å². The monoisotopic (exact) mass is 368 g/mol.